The number of hydrogen-bond donors (Lipinski definition) is 0. The average Bonchev–Trinajstić information content (AvgIpc) is 2.81. The summed E-state index contributed by atoms with van der Waals surface area (Å²) in [5, 5.41) is 0. The van der Waals surface area contributed by atoms with Crippen LogP contribution >= 0.6 is 0 Å². The van der Waals surface area contributed by atoms with Crippen molar-refractivity contribution < 1.29 is 13.2 Å². The van der Waals surface area contributed by atoms with Gasteiger partial charge in [-0.25, -0.2) is 9.97 Å². The lowest BCUT2D eigenvalue weighted by Crippen LogP contribution is -2.08. The topological polar surface area (TPSA) is 30.7 Å². The fourth-order valence-corrected chi connectivity index (χ4v) is 2.43. The number of aromatic nitrogens is 3. The van der Waals surface area contributed by atoms with E-state index >= 15 is 0 Å². The van der Waals surface area contributed by atoms with Crippen LogP contribution in [0, 0.1) is 6.92 Å². The van der Waals surface area contributed by atoms with Crippen molar-refractivity contribution in [3.05, 3.63) is 60.1 Å². The quantitative estimate of drug-likeness (QED) is 0.681. The van der Waals surface area contributed by atoms with E-state index in [1.165, 1.54) is 6.07 Å². The minimum Gasteiger partial charge on any atom is -0.281 e. The minimum absolute atomic E-state index is 0.195. The number of fused-ring (bicyclic) bond motifs is 1. The van der Waals surface area contributed by atoms with Gasteiger partial charge in [-0.1, -0.05) is 24.3 Å². The molecule has 2 aromatic heterocycles. The Kier molecular flexibility index (Phi) is 3.47. The molecule has 118 valence electrons. The van der Waals surface area contributed by atoms with Gasteiger partial charge in [0.15, 0.2) is 5.65 Å². The molecule has 0 atom stereocenters. The van der Waals surface area contributed by atoms with Gasteiger partial charge in [0.05, 0.1) is 0 Å². The molecule has 1 aromatic carbocycles. The highest BCUT2D eigenvalue weighted by Crippen LogP contribution is 2.30. The number of nitrogens with zero attached hydrogens (tertiary/aromatic N) is 3. The Morgan fingerprint density at radius 2 is 1.70 bits per heavy atom. The largest absolute Gasteiger partial charge is 0.433 e. The molecule has 0 fully saturated rings. The third-order valence-corrected chi connectivity index (χ3v) is 3.58. The SMILES string of the molecule is C=C(C)c1ccc(-n2c(C)nc3ccc(C(F)(F)F)nc32)cc1. The van der Waals surface area contributed by atoms with Crippen molar-refractivity contribution >= 4 is 16.7 Å². The van der Waals surface area contributed by atoms with Crippen LogP contribution in [0.3, 0.4) is 0 Å². The summed E-state index contributed by atoms with van der Waals surface area (Å²) in [6, 6.07) is 9.67. The number of aryl methyl sites for hydroxylation is 1. The Bertz CT molecular complexity index is 890. The molecule has 0 aliphatic rings. The monoisotopic (exact) mass is 317 g/mol. The number of benzene rings is 1. The number of allylic oxidation sites excluding steroid dienone is 1. The standard InChI is InChI=1S/C17H14F3N3/c1-10(2)12-4-6-13(7-5-12)23-11(3)21-14-8-9-15(17(18,19)20)22-16(14)23/h4-9H,1H2,2-3H3. The highest BCUT2D eigenvalue weighted by Gasteiger charge is 2.33. The fourth-order valence-electron chi connectivity index (χ4n) is 2.43. The Balaban J connectivity index is 2.19. The number of halogens is 3. The van der Waals surface area contributed by atoms with Crippen LogP contribution in [0.4, 0.5) is 13.2 Å². The summed E-state index contributed by atoms with van der Waals surface area (Å²) in [5.74, 6) is 0.579. The third kappa shape index (κ3) is 2.72. The van der Waals surface area contributed by atoms with Crippen molar-refractivity contribution in [3.63, 3.8) is 0 Å². The predicted octanol–water partition coefficient (Wildman–Crippen LogP) is 4.78. The fraction of sp³-hybridized carbons (Fsp3) is 0.176. The van der Waals surface area contributed by atoms with Crippen LogP contribution in [0.1, 0.15) is 24.0 Å². The van der Waals surface area contributed by atoms with Crippen molar-refractivity contribution in [2.24, 2.45) is 0 Å². The molecule has 0 amide bonds. The van der Waals surface area contributed by atoms with Gasteiger partial charge in [-0.2, -0.15) is 13.2 Å². The third-order valence-electron chi connectivity index (χ3n) is 3.58. The summed E-state index contributed by atoms with van der Waals surface area (Å²) < 4.78 is 40.3. The van der Waals surface area contributed by atoms with Crippen molar-refractivity contribution in [2.75, 3.05) is 0 Å². The number of hydrogen-bond acceptors (Lipinski definition) is 2. The lowest BCUT2D eigenvalue weighted by Gasteiger charge is -2.09. The molecule has 3 aromatic rings. The summed E-state index contributed by atoms with van der Waals surface area (Å²) in [7, 11) is 0. The molecule has 0 aliphatic carbocycles. The first-order valence-corrected chi connectivity index (χ1v) is 6.97. The molecule has 0 spiro atoms. The van der Waals surface area contributed by atoms with Gasteiger partial charge < -0.3 is 0 Å². The zero-order valence-electron chi connectivity index (χ0n) is 12.6. The van der Waals surface area contributed by atoms with Crippen LogP contribution in [0.25, 0.3) is 22.4 Å². The average molecular weight is 317 g/mol. The molecular weight excluding hydrogens is 303 g/mol. The lowest BCUT2D eigenvalue weighted by atomic mass is 10.1. The summed E-state index contributed by atoms with van der Waals surface area (Å²) in [5.41, 5.74) is 2.30. The lowest BCUT2D eigenvalue weighted by molar-refractivity contribution is -0.141. The summed E-state index contributed by atoms with van der Waals surface area (Å²) in [4.78, 5) is 8.04. The Labute approximate surface area is 131 Å². The molecule has 0 N–H and O–H groups in total. The first-order valence-electron chi connectivity index (χ1n) is 6.97. The maximum Gasteiger partial charge on any atom is 0.433 e. The van der Waals surface area contributed by atoms with Gasteiger partial charge in [0.1, 0.15) is 17.0 Å². The maximum atomic E-state index is 12.9. The van der Waals surface area contributed by atoms with Crippen LogP contribution in [0.2, 0.25) is 0 Å². The van der Waals surface area contributed by atoms with Crippen LogP contribution in [-0.2, 0) is 6.18 Å². The predicted molar refractivity (Wildman–Crippen MR) is 83.3 cm³/mol. The molecule has 0 saturated heterocycles. The van der Waals surface area contributed by atoms with Crippen LogP contribution in [-0.4, -0.2) is 14.5 Å². The second-order valence-electron chi connectivity index (χ2n) is 5.36. The molecule has 23 heavy (non-hydrogen) atoms. The first kappa shape index (κ1) is 15.3. The van der Waals surface area contributed by atoms with E-state index in [9.17, 15) is 13.2 Å². The van der Waals surface area contributed by atoms with E-state index in [4.69, 9.17) is 0 Å². The number of rotatable bonds is 2. The van der Waals surface area contributed by atoms with Crippen molar-refractivity contribution in [1.82, 2.24) is 14.5 Å². The molecule has 3 rings (SSSR count). The van der Waals surface area contributed by atoms with Crippen LogP contribution < -0.4 is 0 Å². The van der Waals surface area contributed by atoms with E-state index in [0.717, 1.165) is 17.2 Å². The van der Waals surface area contributed by atoms with Gasteiger partial charge in [-0.15, -0.1) is 0 Å². The van der Waals surface area contributed by atoms with Gasteiger partial charge in [-0.3, -0.25) is 4.57 Å². The minimum atomic E-state index is -4.49. The molecule has 0 unspecified atom stereocenters. The van der Waals surface area contributed by atoms with Gasteiger partial charge >= 0.3 is 6.18 Å². The van der Waals surface area contributed by atoms with E-state index < -0.39 is 11.9 Å². The Hall–Kier alpha value is -2.63. The van der Waals surface area contributed by atoms with Crippen molar-refractivity contribution in [3.8, 4) is 5.69 Å². The number of pyridine rings is 1. The zero-order valence-corrected chi connectivity index (χ0v) is 12.6. The van der Waals surface area contributed by atoms with E-state index in [1.54, 1.807) is 11.5 Å². The highest BCUT2D eigenvalue weighted by atomic mass is 19.4. The zero-order chi connectivity index (χ0) is 16.8. The van der Waals surface area contributed by atoms with Gasteiger partial charge in [0.2, 0.25) is 0 Å². The van der Waals surface area contributed by atoms with Crippen molar-refractivity contribution in [2.45, 2.75) is 20.0 Å². The van der Waals surface area contributed by atoms with Crippen molar-refractivity contribution in [1.29, 1.82) is 0 Å². The van der Waals surface area contributed by atoms with Gasteiger partial charge in [0.25, 0.3) is 0 Å². The normalized spacial score (nSPS) is 11.9. The molecule has 6 heteroatoms. The Morgan fingerprint density at radius 1 is 1.04 bits per heavy atom. The Morgan fingerprint density at radius 3 is 2.26 bits per heavy atom. The molecule has 3 nitrogen and oxygen atoms in total. The van der Waals surface area contributed by atoms with Gasteiger partial charge in [-0.05, 0) is 43.7 Å². The molecule has 0 saturated carbocycles. The van der Waals surface area contributed by atoms with E-state index in [2.05, 4.69) is 16.5 Å². The molecule has 0 radical (unpaired) electrons. The van der Waals surface area contributed by atoms with E-state index in [-0.39, 0.29) is 5.65 Å². The summed E-state index contributed by atoms with van der Waals surface area (Å²) in [6.07, 6.45) is -4.49. The molecule has 0 aliphatic heterocycles. The molecular formula is C17H14F3N3. The van der Waals surface area contributed by atoms with Gasteiger partial charge in [0, 0.05) is 5.69 Å². The van der Waals surface area contributed by atoms with Crippen LogP contribution in [0.15, 0.2) is 43.0 Å². The maximum absolute atomic E-state index is 12.9. The van der Waals surface area contributed by atoms with E-state index in [1.807, 2.05) is 31.2 Å². The van der Waals surface area contributed by atoms with E-state index in [0.29, 0.717) is 17.0 Å². The van der Waals surface area contributed by atoms with Crippen LogP contribution in [0.5, 0.6) is 0 Å². The molecule has 2 heterocycles. The summed E-state index contributed by atoms with van der Waals surface area (Å²) in [6.45, 7) is 7.50. The number of alkyl halides is 3. The number of imidazole rings is 1. The summed E-state index contributed by atoms with van der Waals surface area (Å²) >= 11 is 0. The molecule has 0 bridgehead atoms. The smallest absolute Gasteiger partial charge is 0.281 e. The second kappa shape index (κ2) is 5.22. The second-order valence-corrected chi connectivity index (χ2v) is 5.36. The first-order chi connectivity index (χ1) is 10.8. The highest BCUT2D eigenvalue weighted by molar-refractivity contribution is 5.74.